The van der Waals surface area contributed by atoms with Crippen molar-refractivity contribution >= 4 is 7.82 Å². The molecule has 0 aliphatic heterocycles. The van der Waals surface area contributed by atoms with Gasteiger partial charge in [0.15, 0.2) is 0 Å². The molecule has 5 nitrogen and oxygen atoms in total. The van der Waals surface area contributed by atoms with Gasteiger partial charge in [-0.05, 0) is 27.9 Å². The molecule has 0 amide bonds. The maximum absolute atomic E-state index is 10.9. The minimum atomic E-state index is -4.09. The Kier molecular flexibility index (Phi) is 10.4. The van der Waals surface area contributed by atoms with Crippen molar-refractivity contribution in [3.8, 4) is 0 Å². The molecular formula is C6H15KNO4P. The summed E-state index contributed by atoms with van der Waals surface area (Å²) in [5.41, 5.74) is 0. The summed E-state index contributed by atoms with van der Waals surface area (Å²) in [6.45, 7) is 3.32. The van der Waals surface area contributed by atoms with Crippen LogP contribution < -0.4 is 56.3 Å². The third-order valence-electron chi connectivity index (χ3n) is 1.30. The zero-order valence-electron chi connectivity index (χ0n) is 8.81. The van der Waals surface area contributed by atoms with E-state index in [1.54, 1.807) is 32.8 Å². The van der Waals surface area contributed by atoms with E-state index in [1.165, 1.54) is 0 Å². The number of phosphoric ester groups is 1. The van der Waals surface area contributed by atoms with Crippen molar-refractivity contribution in [1.29, 1.82) is 0 Å². The number of hydrogen-bond acceptors (Lipinski definition) is 5. The fraction of sp³-hybridized carbons (Fsp3) is 1.00. The van der Waals surface area contributed by atoms with E-state index in [9.17, 15) is 9.46 Å². The molecule has 0 aromatic rings. The van der Waals surface area contributed by atoms with Crippen LogP contribution in [0.1, 0.15) is 13.8 Å². The third-order valence-corrected chi connectivity index (χ3v) is 2.43. The summed E-state index contributed by atoms with van der Waals surface area (Å²) in [5, 5.41) is 0. The van der Waals surface area contributed by atoms with Gasteiger partial charge in [-0.15, -0.1) is 0 Å². The van der Waals surface area contributed by atoms with Crippen LogP contribution in [-0.4, -0.2) is 31.8 Å². The molecule has 2 unspecified atom stereocenters. The van der Waals surface area contributed by atoms with Gasteiger partial charge in [-0.3, -0.25) is 14.0 Å². The van der Waals surface area contributed by atoms with Crippen LogP contribution in [0, 0.1) is 0 Å². The second-order valence-corrected chi connectivity index (χ2v) is 3.90. The number of nitrogens with zero attached hydrogens (tertiary/aromatic N) is 1. The molecule has 0 saturated carbocycles. The van der Waals surface area contributed by atoms with Crippen molar-refractivity contribution in [2.45, 2.75) is 20.1 Å². The number of hydrogen-bond donors (Lipinski definition) is 0. The molecule has 0 aliphatic rings. The molecule has 13 heavy (non-hydrogen) atoms. The second-order valence-electron chi connectivity index (χ2n) is 2.53. The Bertz CT molecular complexity index is 178. The Morgan fingerprint density at radius 3 is 2.31 bits per heavy atom. The van der Waals surface area contributed by atoms with Gasteiger partial charge in [-0.2, -0.15) is 0 Å². The Hall–Kier alpha value is 1.71. The Labute approximate surface area is 122 Å². The van der Waals surface area contributed by atoms with E-state index >= 15 is 0 Å². The fourth-order valence-corrected chi connectivity index (χ4v) is 1.41. The van der Waals surface area contributed by atoms with Crippen molar-refractivity contribution in [2.75, 3.05) is 20.7 Å². The molecule has 0 rings (SSSR count). The quantitative estimate of drug-likeness (QED) is 0.297. The largest absolute Gasteiger partial charge is 1.00 e. The van der Waals surface area contributed by atoms with Crippen molar-refractivity contribution in [3.05, 3.63) is 0 Å². The first-order valence-electron chi connectivity index (χ1n) is 3.69. The van der Waals surface area contributed by atoms with Crippen LogP contribution >= 0.6 is 7.82 Å². The molecule has 0 radical (unpaired) electrons. The van der Waals surface area contributed by atoms with E-state index in [0.717, 1.165) is 0 Å². The summed E-state index contributed by atoms with van der Waals surface area (Å²) in [6.07, 6.45) is -0.500. The molecule has 0 aromatic heterocycles. The van der Waals surface area contributed by atoms with Gasteiger partial charge in [0.2, 0.25) is 0 Å². The van der Waals surface area contributed by atoms with Gasteiger partial charge in [0.25, 0.3) is 7.82 Å². The normalized spacial score (nSPS) is 17.7. The van der Waals surface area contributed by atoms with Gasteiger partial charge < -0.3 is 9.42 Å². The third kappa shape index (κ3) is 8.68. The minimum Gasteiger partial charge on any atom is -0.756 e. The molecule has 0 spiro atoms. The average molecular weight is 235 g/mol. The Morgan fingerprint density at radius 2 is 2.00 bits per heavy atom. The zero-order valence-corrected chi connectivity index (χ0v) is 12.8. The minimum absolute atomic E-state index is 0. The number of rotatable bonds is 5. The fourth-order valence-electron chi connectivity index (χ4n) is 0.470. The molecule has 74 valence electrons. The molecule has 0 saturated heterocycles. The van der Waals surface area contributed by atoms with Crippen LogP contribution in [-0.2, 0) is 13.6 Å². The molecule has 7 heteroatoms. The molecule has 0 bridgehead atoms. The van der Waals surface area contributed by atoms with Crippen molar-refractivity contribution in [3.63, 3.8) is 0 Å². The van der Waals surface area contributed by atoms with E-state index in [1.807, 2.05) is 0 Å². The predicted molar refractivity (Wildman–Crippen MR) is 43.5 cm³/mol. The van der Waals surface area contributed by atoms with E-state index in [0.29, 0.717) is 0 Å². The summed E-state index contributed by atoms with van der Waals surface area (Å²) in [6, 6.07) is 0. The van der Waals surface area contributed by atoms with E-state index < -0.39 is 14.1 Å². The molecule has 0 aliphatic carbocycles. The first-order valence-corrected chi connectivity index (χ1v) is 5.15. The van der Waals surface area contributed by atoms with Crippen molar-refractivity contribution in [2.24, 2.45) is 0 Å². The van der Waals surface area contributed by atoms with Crippen LogP contribution in [0.2, 0.25) is 0 Å². The maximum Gasteiger partial charge on any atom is 1.00 e. The summed E-state index contributed by atoms with van der Waals surface area (Å²) in [4.78, 5) is 12.5. The summed E-state index contributed by atoms with van der Waals surface area (Å²) in [7, 11) is -0.656. The van der Waals surface area contributed by atoms with Crippen molar-refractivity contribution in [1.82, 2.24) is 4.90 Å². The second kappa shape index (κ2) is 7.93. The standard InChI is InChI=1S/C6H16NO4P.K/c1-5-10-12(8,9)11-6(2)7(3)4;/h6H,5H2,1-4H3,(H,8,9);/q;+1/p-1. The van der Waals surface area contributed by atoms with Crippen LogP contribution in [0.4, 0.5) is 0 Å². The van der Waals surface area contributed by atoms with E-state index in [-0.39, 0.29) is 58.0 Å². The first kappa shape index (κ1) is 17.1. The number of phosphoric acid groups is 1. The average Bonchev–Trinajstić information content (AvgIpc) is 1.85. The molecular weight excluding hydrogens is 220 g/mol. The maximum atomic E-state index is 10.9. The molecule has 0 fully saturated rings. The van der Waals surface area contributed by atoms with Gasteiger partial charge in [-0.25, -0.2) is 0 Å². The molecule has 0 aromatic carbocycles. The van der Waals surface area contributed by atoms with E-state index in [4.69, 9.17) is 0 Å². The summed E-state index contributed by atoms with van der Waals surface area (Å²) >= 11 is 0. The van der Waals surface area contributed by atoms with Gasteiger partial charge in [0, 0.05) is 0 Å². The van der Waals surface area contributed by atoms with Gasteiger partial charge in [-0.1, -0.05) is 0 Å². The SMILES string of the molecule is CCOP(=O)([O-])OC(C)N(C)C.[K+]. The molecule has 0 N–H and O–H groups in total. The Morgan fingerprint density at radius 1 is 1.54 bits per heavy atom. The predicted octanol–water partition coefficient (Wildman–Crippen LogP) is -2.58. The van der Waals surface area contributed by atoms with Crippen molar-refractivity contribution < 1.29 is 69.9 Å². The van der Waals surface area contributed by atoms with Gasteiger partial charge in [0.05, 0.1) is 6.61 Å². The van der Waals surface area contributed by atoms with E-state index in [2.05, 4.69) is 9.05 Å². The van der Waals surface area contributed by atoms with Crippen LogP contribution in [0.5, 0.6) is 0 Å². The van der Waals surface area contributed by atoms with Crippen LogP contribution in [0.15, 0.2) is 0 Å². The zero-order chi connectivity index (χ0) is 9.78. The van der Waals surface area contributed by atoms with Gasteiger partial charge in [0.1, 0.15) is 6.23 Å². The van der Waals surface area contributed by atoms with Crippen LogP contribution in [0.25, 0.3) is 0 Å². The Balaban J connectivity index is 0. The summed E-state index contributed by atoms with van der Waals surface area (Å²) in [5.74, 6) is 0. The monoisotopic (exact) mass is 235 g/mol. The summed E-state index contributed by atoms with van der Waals surface area (Å²) < 4.78 is 19.9. The topological polar surface area (TPSA) is 61.8 Å². The molecule has 0 heterocycles. The molecule has 2 atom stereocenters. The smallest absolute Gasteiger partial charge is 0.756 e. The van der Waals surface area contributed by atoms with Crippen LogP contribution in [0.3, 0.4) is 0 Å². The first-order chi connectivity index (χ1) is 5.39. The van der Waals surface area contributed by atoms with Gasteiger partial charge >= 0.3 is 51.4 Å².